The van der Waals surface area contributed by atoms with Crippen LogP contribution >= 0.6 is 11.8 Å². The molecule has 2 N–H and O–H groups in total. The van der Waals surface area contributed by atoms with E-state index in [0.717, 1.165) is 23.6 Å². The van der Waals surface area contributed by atoms with Crippen LogP contribution in [-0.4, -0.2) is 45.0 Å². The summed E-state index contributed by atoms with van der Waals surface area (Å²) in [6.07, 6.45) is 4.92. The number of thioether (sulfide) groups is 1. The number of pyridine rings is 1. The minimum absolute atomic E-state index is 0.0623. The summed E-state index contributed by atoms with van der Waals surface area (Å²) in [5.74, 6) is 1.44. The molecule has 0 saturated carbocycles. The average Bonchev–Trinajstić information content (AvgIpc) is 3.01. The Morgan fingerprint density at radius 2 is 2.04 bits per heavy atom. The van der Waals surface area contributed by atoms with Crippen LogP contribution in [-0.2, 0) is 9.59 Å². The molecule has 0 aliphatic rings. The number of carbonyl (C=O) groups is 2. The van der Waals surface area contributed by atoms with Gasteiger partial charge in [0.2, 0.25) is 11.8 Å². The molecule has 2 aromatic rings. The van der Waals surface area contributed by atoms with Crippen molar-refractivity contribution in [3.8, 4) is 0 Å². The Balaban J connectivity index is 1.99. The summed E-state index contributed by atoms with van der Waals surface area (Å²) in [4.78, 5) is 24.2. The summed E-state index contributed by atoms with van der Waals surface area (Å²) in [7, 11) is 0. The number of nitrogens with one attached hydrogen (secondary N) is 2. The van der Waals surface area contributed by atoms with Crippen molar-refractivity contribution in [2.75, 3.05) is 18.6 Å². The fourth-order valence-corrected chi connectivity index (χ4v) is 2.89. The fourth-order valence-electron chi connectivity index (χ4n) is 2.42. The molecule has 1 atom stereocenters. The van der Waals surface area contributed by atoms with E-state index in [9.17, 15) is 9.59 Å². The molecule has 0 fully saturated rings. The van der Waals surface area contributed by atoms with Gasteiger partial charge >= 0.3 is 0 Å². The molecule has 0 radical (unpaired) electrons. The van der Waals surface area contributed by atoms with Crippen molar-refractivity contribution in [1.29, 1.82) is 0 Å². The van der Waals surface area contributed by atoms with Crippen LogP contribution in [0.2, 0.25) is 0 Å². The van der Waals surface area contributed by atoms with Crippen molar-refractivity contribution in [2.45, 2.75) is 39.7 Å². The molecule has 2 amide bonds. The molecule has 26 heavy (non-hydrogen) atoms. The second-order valence-electron chi connectivity index (χ2n) is 7.14. The van der Waals surface area contributed by atoms with Crippen LogP contribution in [0.5, 0.6) is 0 Å². The van der Waals surface area contributed by atoms with Crippen molar-refractivity contribution < 1.29 is 9.59 Å². The quantitative estimate of drug-likeness (QED) is 0.736. The highest BCUT2D eigenvalue weighted by Gasteiger charge is 2.22. The van der Waals surface area contributed by atoms with Crippen molar-refractivity contribution in [1.82, 2.24) is 25.2 Å². The zero-order valence-electron chi connectivity index (χ0n) is 15.8. The van der Waals surface area contributed by atoms with Crippen LogP contribution in [0, 0.1) is 5.41 Å². The van der Waals surface area contributed by atoms with Gasteiger partial charge in [-0.2, -0.15) is 11.8 Å². The van der Waals surface area contributed by atoms with Gasteiger partial charge in [0.15, 0.2) is 11.5 Å². The smallest absolute Gasteiger partial charge is 0.225 e. The Hall–Kier alpha value is -2.09. The van der Waals surface area contributed by atoms with Gasteiger partial charge in [-0.1, -0.05) is 26.8 Å². The number of rotatable bonds is 8. The fraction of sp³-hybridized carbons (Fsp3) is 0.556. The summed E-state index contributed by atoms with van der Waals surface area (Å²) in [5, 5.41) is 14.3. The normalized spacial score (nSPS) is 12.8. The van der Waals surface area contributed by atoms with Gasteiger partial charge in [0, 0.05) is 24.6 Å². The molecule has 0 spiro atoms. The number of hydrogen-bond acceptors (Lipinski definition) is 5. The van der Waals surface area contributed by atoms with Gasteiger partial charge < -0.3 is 10.6 Å². The maximum atomic E-state index is 12.4. The molecule has 0 aromatic carbocycles. The lowest BCUT2D eigenvalue weighted by Crippen LogP contribution is -2.38. The monoisotopic (exact) mass is 377 g/mol. The molecule has 7 nitrogen and oxygen atoms in total. The molecule has 0 aliphatic heterocycles. The first-order valence-corrected chi connectivity index (χ1v) is 10.1. The molecule has 142 valence electrons. The molecule has 2 heterocycles. The first-order chi connectivity index (χ1) is 12.3. The van der Waals surface area contributed by atoms with Crippen LogP contribution in [0.15, 0.2) is 24.4 Å². The molecule has 0 bridgehead atoms. The van der Waals surface area contributed by atoms with Gasteiger partial charge in [-0.25, -0.2) is 0 Å². The Labute approximate surface area is 158 Å². The van der Waals surface area contributed by atoms with E-state index in [1.54, 1.807) is 11.8 Å². The number of amides is 2. The van der Waals surface area contributed by atoms with E-state index in [2.05, 4.69) is 20.8 Å². The van der Waals surface area contributed by atoms with E-state index in [0.29, 0.717) is 6.54 Å². The topological polar surface area (TPSA) is 88.4 Å². The Morgan fingerprint density at radius 3 is 2.73 bits per heavy atom. The maximum absolute atomic E-state index is 12.4. The van der Waals surface area contributed by atoms with E-state index in [1.807, 2.05) is 55.8 Å². The SMILES string of the molecule is CSCCC(NC(=O)CCNC(=O)C(C)(C)C)c1nnc2ccccn12. The summed E-state index contributed by atoms with van der Waals surface area (Å²) in [6.45, 7) is 5.85. The third-order valence-corrected chi connectivity index (χ3v) is 4.56. The maximum Gasteiger partial charge on any atom is 0.225 e. The molecular formula is C18H27N5O2S. The number of aromatic nitrogens is 3. The first kappa shape index (κ1) is 20.2. The average molecular weight is 378 g/mol. The number of carbonyl (C=O) groups excluding carboxylic acids is 2. The second kappa shape index (κ2) is 9.02. The second-order valence-corrected chi connectivity index (χ2v) is 8.13. The molecule has 8 heteroatoms. The Morgan fingerprint density at radius 1 is 1.27 bits per heavy atom. The van der Waals surface area contributed by atoms with Crippen molar-refractivity contribution in [3.63, 3.8) is 0 Å². The number of nitrogens with zero attached hydrogens (tertiary/aromatic N) is 3. The van der Waals surface area contributed by atoms with E-state index >= 15 is 0 Å². The van der Waals surface area contributed by atoms with Gasteiger partial charge in [-0.15, -0.1) is 10.2 Å². The van der Waals surface area contributed by atoms with Crippen LogP contribution < -0.4 is 10.6 Å². The Kier molecular flexibility index (Phi) is 7.02. The third-order valence-electron chi connectivity index (χ3n) is 3.92. The van der Waals surface area contributed by atoms with Gasteiger partial charge in [-0.3, -0.25) is 14.0 Å². The standard InChI is InChI=1S/C18H27N5O2S/c1-18(2,3)17(25)19-10-8-15(24)20-13(9-12-26-4)16-22-21-14-7-5-6-11-23(14)16/h5-7,11,13H,8-10,12H2,1-4H3,(H,19,25)(H,20,24). The van der Waals surface area contributed by atoms with Crippen LogP contribution in [0.4, 0.5) is 0 Å². The Bertz CT molecular complexity index is 753. The lowest BCUT2D eigenvalue weighted by atomic mass is 9.96. The lowest BCUT2D eigenvalue weighted by molar-refractivity contribution is -0.128. The van der Waals surface area contributed by atoms with Crippen molar-refractivity contribution >= 4 is 29.2 Å². The summed E-state index contributed by atoms with van der Waals surface area (Å²) in [5.41, 5.74) is 0.293. The lowest BCUT2D eigenvalue weighted by Gasteiger charge is -2.19. The highest BCUT2D eigenvalue weighted by Crippen LogP contribution is 2.18. The first-order valence-electron chi connectivity index (χ1n) is 8.69. The zero-order valence-corrected chi connectivity index (χ0v) is 16.6. The molecule has 0 saturated heterocycles. The van der Waals surface area contributed by atoms with Crippen molar-refractivity contribution in [3.05, 3.63) is 30.2 Å². The van der Waals surface area contributed by atoms with E-state index in [1.165, 1.54) is 0 Å². The minimum Gasteiger partial charge on any atom is -0.355 e. The molecule has 2 rings (SSSR count). The number of fused-ring (bicyclic) bond motifs is 1. The third kappa shape index (κ3) is 5.45. The molecule has 2 aromatic heterocycles. The summed E-state index contributed by atoms with van der Waals surface area (Å²) < 4.78 is 1.90. The highest BCUT2D eigenvalue weighted by molar-refractivity contribution is 7.98. The predicted molar refractivity (Wildman–Crippen MR) is 104 cm³/mol. The van der Waals surface area contributed by atoms with E-state index in [4.69, 9.17) is 0 Å². The van der Waals surface area contributed by atoms with Crippen LogP contribution in [0.3, 0.4) is 0 Å². The predicted octanol–water partition coefficient (Wildman–Crippen LogP) is 2.19. The molecule has 0 aliphatic carbocycles. The minimum atomic E-state index is -0.461. The number of hydrogen-bond donors (Lipinski definition) is 2. The van der Waals surface area contributed by atoms with E-state index < -0.39 is 5.41 Å². The van der Waals surface area contributed by atoms with E-state index in [-0.39, 0.29) is 24.3 Å². The van der Waals surface area contributed by atoms with Gasteiger partial charge in [0.05, 0.1) is 6.04 Å². The van der Waals surface area contributed by atoms with Gasteiger partial charge in [-0.05, 0) is 30.6 Å². The zero-order chi connectivity index (χ0) is 19.2. The summed E-state index contributed by atoms with van der Waals surface area (Å²) >= 11 is 1.72. The van der Waals surface area contributed by atoms with Gasteiger partial charge in [0.25, 0.3) is 0 Å². The molecule has 1 unspecified atom stereocenters. The summed E-state index contributed by atoms with van der Waals surface area (Å²) in [6, 6.07) is 5.48. The molecular weight excluding hydrogens is 350 g/mol. The van der Waals surface area contributed by atoms with Crippen LogP contribution in [0.1, 0.15) is 45.5 Å². The highest BCUT2D eigenvalue weighted by atomic mass is 32.2. The van der Waals surface area contributed by atoms with Crippen LogP contribution in [0.25, 0.3) is 5.65 Å². The van der Waals surface area contributed by atoms with Crippen molar-refractivity contribution in [2.24, 2.45) is 5.41 Å². The van der Waals surface area contributed by atoms with Gasteiger partial charge in [0.1, 0.15) is 0 Å². The largest absolute Gasteiger partial charge is 0.355 e.